The Bertz CT molecular complexity index is 595. The molecule has 0 aliphatic rings. The summed E-state index contributed by atoms with van der Waals surface area (Å²) in [4.78, 5) is 11.3. The van der Waals surface area contributed by atoms with Gasteiger partial charge < -0.3 is 10.4 Å². The van der Waals surface area contributed by atoms with Crippen molar-refractivity contribution in [1.82, 2.24) is 20.0 Å². The lowest BCUT2D eigenvalue weighted by atomic mass is 10.1. The number of carboxylic acid groups (broad SMARTS) is 1. The van der Waals surface area contributed by atoms with E-state index in [9.17, 15) is 9.90 Å². The number of rotatable bonds is 6. The third kappa shape index (κ3) is 3.11. The van der Waals surface area contributed by atoms with Crippen LogP contribution in [-0.2, 0) is 6.54 Å². The van der Waals surface area contributed by atoms with Gasteiger partial charge in [0, 0.05) is 25.5 Å². The third-order valence-electron chi connectivity index (χ3n) is 3.08. The van der Waals surface area contributed by atoms with Crippen LogP contribution in [-0.4, -0.2) is 37.6 Å². The van der Waals surface area contributed by atoms with Gasteiger partial charge in [-0.2, -0.15) is 10.2 Å². The highest BCUT2D eigenvalue weighted by Crippen LogP contribution is 2.18. The van der Waals surface area contributed by atoms with E-state index in [1.807, 2.05) is 16.9 Å². The molecule has 106 valence electrons. The SMILES string of the molecule is Cc1nnc(NCCCn2cccn2)c(C(=O)O)c1C. The fraction of sp³-hybridized carbons (Fsp3) is 0.385. The van der Waals surface area contributed by atoms with E-state index in [-0.39, 0.29) is 5.56 Å². The predicted octanol–water partition coefficient (Wildman–Crippen LogP) is 1.49. The second kappa shape index (κ2) is 6.14. The number of hydrogen-bond acceptors (Lipinski definition) is 5. The molecule has 0 saturated carbocycles. The third-order valence-corrected chi connectivity index (χ3v) is 3.08. The largest absolute Gasteiger partial charge is 0.478 e. The topological polar surface area (TPSA) is 92.9 Å². The van der Waals surface area contributed by atoms with Crippen molar-refractivity contribution in [2.24, 2.45) is 0 Å². The molecule has 0 unspecified atom stereocenters. The molecule has 7 heteroatoms. The Morgan fingerprint density at radius 2 is 2.20 bits per heavy atom. The molecule has 0 bridgehead atoms. The van der Waals surface area contributed by atoms with Gasteiger partial charge in [0.2, 0.25) is 0 Å². The summed E-state index contributed by atoms with van der Waals surface area (Å²) in [7, 11) is 0. The van der Waals surface area contributed by atoms with Crippen molar-refractivity contribution < 1.29 is 9.90 Å². The molecule has 2 rings (SSSR count). The van der Waals surface area contributed by atoms with E-state index in [0.29, 0.717) is 23.6 Å². The Morgan fingerprint density at radius 1 is 1.40 bits per heavy atom. The van der Waals surface area contributed by atoms with Crippen molar-refractivity contribution in [3.05, 3.63) is 35.3 Å². The van der Waals surface area contributed by atoms with Gasteiger partial charge >= 0.3 is 5.97 Å². The van der Waals surface area contributed by atoms with Gasteiger partial charge in [0.25, 0.3) is 0 Å². The normalized spacial score (nSPS) is 10.5. The number of nitrogens with zero attached hydrogens (tertiary/aromatic N) is 4. The van der Waals surface area contributed by atoms with E-state index in [1.165, 1.54) is 0 Å². The fourth-order valence-corrected chi connectivity index (χ4v) is 1.87. The van der Waals surface area contributed by atoms with Gasteiger partial charge in [-0.3, -0.25) is 4.68 Å². The lowest BCUT2D eigenvalue weighted by Gasteiger charge is -2.11. The molecular formula is C13H17N5O2. The summed E-state index contributed by atoms with van der Waals surface area (Å²) >= 11 is 0. The lowest BCUT2D eigenvalue weighted by molar-refractivity contribution is 0.0696. The summed E-state index contributed by atoms with van der Waals surface area (Å²) in [5.74, 6) is -0.670. The average Bonchev–Trinajstić information content (AvgIpc) is 2.91. The Hall–Kier alpha value is -2.44. The number of aromatic nitrogens is 4. The van der Waals surface area contributed by atoms with Crippen molar-refractivity contribution in [2.75, 3.05) is 11.9 Å². The van der Waals surface area contributed by atoms with E-state index in [0.717, 1.165) is 13.0 Å². The van der Waals surface area contributed by atoms with Crippen LogP contribution in [0.4, 0.5) is 5.82 Å². The van der Waals surface area contributed by atoms with Crippen molar-refractivity contribution >= 4 is 11.8 Å². The van der Waals surface area contributed by atoms with E-state index < -0.39 is 5.97 Å². The molecule has 2 heterocycles. The summed E-state index contributed by atoms with van der Waals surface area (Å²) in [5, 5.41) is 24.3. The Kier molecular flexibility index (Phi) is 4.29. The highest BCUT2D eigenvalue weighted by atomic mass is 16.4. The van der Waals surface area contributed by atoms with Crippen LogP contribution in [0.15, 0.2) is 18.5 Å². The van der Waals surface area contributed by atoms with Crippen molar-refractivity contribution in [3.8, 4) is 0 Å². The molecule has 0 spiro atoms. The molecule has 2 aromatic rings. The molecule has 0 aliphatic heterocycles. The molecule has 2 N–H and O–H groups in total. The fourth-order valence-electron chi connectivity index (χ4n) is 1.87. The van der Waals surface area contributed by atoms with Crippen LogP contribution in [0.3, 0.4) is 0 Å². The first-order chi connectivity index (χ1) is 9.59. The monoisotopic (exact) mass is 275 g/mol. The van der Waals surface area contributed by atoms with Crippen LogP contribution in [0.25, 0.3) is 0 Å². The zero-order valence-corrected chi connectivity index (χ0v) is 11.5. The van der Waals surface area contributed by atoms with Gasteiger partial charge in [-0.05, 0) is 31.9 Å². The molecule has 0 aromatic carbocycles. The van der Waals surface area contributed by atoms with E-state index in [4.69, 9.17) is 0 Å². The van der Waals surface area contributed by atoms with E-state index >= 15 is 0 Å². The molecule has 0 fully saturated rings. The molecule has 2 aromatic heterocycles. The number of carboxylic acids is 1. The van der Waals surface area contributed by atoms with Crippen LogP contribution < -0.4 is 5.32 Å². The van der Waals surface area contributed by atoms with Gasteiger partial charge in [0.05, 0.1) is 5.69 Å². The number of aryl methyl sites for hydroxylation is 2. The minimum Gasteiger partial charge on any atom is -0.478 e. The van der Waals surface area contributed by atoms with E-state index in [1.54, 1.807) is 20.0 Å². The van der Waals surface area contributed by atoms with Gasteiger partial charge in [0.15, 0.2) is 5.82 Å². The summed E-state index contributed by atoms with van der Waals surface area (Å²) < 4.78 is 1.83. The van der Waals surface area contributed by atoms with Gasteiger partial charge in [0.1, 0.15) is 5.56 Å². The lowest BCUT2D eigenvalue weighted by Crippen LogP contribution is -2.14. The van der Waals surface area contributed by atoms with Crippen molar-refractivity contribution in [2.45, 2.75) is 26.8 Å². The van der Waals surface area contributed by atoms with Crippen molar-refractivity contribution in [1.29, 1.82) is 0 Å². The van der Waals surface area contributed by atoms with Crippen LogP contribution in [0.5, 0.6) is 0 Å². The van der Waals surface area contributed by atoms with Gasteiger partial charge in [-0.1, -0.05) is 0 Å². The first-order valence-corrected chi connectivity index (χ1v) is 6.38. The predicted molar refractivity (Wildman–Crippen MR) is 73.8 cm³/mol. The second-order valence-corrected chi connectivity index (χ2v) is 4.49. The Labute approximate surface area is 116 Å². The number of aromatic carboxylic acids is 1. The molecule has 0 radical (unpaired) electrons. The molecule has 7 nitrogen and oxygen atoms in total. The van der Waals surface area contributed by atoms with E-state index in [2.05, 4.69) is 20.6 Å². The maximum absolute atomic E-state index is 11.3. The summed E-state index contributed by atoms with van der Waals surface area (Å²) in [6, 6.07) is 1.87. The maximum atomic E-state index is 11.3. The van der Waals surface area contributed by atoms with Gasteiger partial charge in [-0.25, -0.2) is 4.79 Å². The van der Waals surface area contributed by atoms with Crippen LogP contribution in [0, 0.1) is 13.8 Å². The molecule has 0 aliphatic carbocycles. The standard InChI is InChI=1S/C13H17N5O2/c1-9-10(2)16-17-12(11(9)13(19)20)14-5-3-7-18-8-4-6-15-18/h4,6,8H,3,5,7H2,1-2H3,(H,14,17)(H,19,20). The van der Waals surface area contributed by atoms with Crippen LogP contribution in [0.1, 0.15) is 28.0 Å². The molecule has 0 saturated heterocycles. The smallest absolute Gasteiger partial charge is 0.339 e. The first kappa shape index (κ1) is 14.0. The molecule has 20 heavy (non-hydrogen) atoms. The maximum Gasteiger partial charge on any atom is 0.339 e. The molecule has 0 amide bonds. The summed E-state index contributed by atoms with van der Waals surface area (Å²) in [6.07, 6.45) is 4.43. The van der Waals surface area contributed by atoms with Gasteiger partial charge in [-0.15, -0.1) is 5.10 Å². The highest BCUT2D eigenvalue weighted by Gasteiger charge is 2.17. The number of anilines is 1. The number of hydrogen-bond donors (Lipinski definition) is 2. The minimum absolute atomic E-state index is 0.191. The Morgan fingerprint density at radius 3 is 2.85 bits per heavy atom. The highest BCUT2D eigenvalue weighted by molar-refractivity contribution is 5.94. The zero-order chi connectivity index (χ0) is 14.5. The summed E-state index contributed by atoms with van der Waals surface area (Å²) in [6.45, 7) is 4.86. The number of nitrogens with one attached hydrogen (secondary N) is 1. The zero-order valence-electron chi connectivity index (χ0n) is 11.5. The number of carbonyl (C=O) groups is 1. The van der Waals surface area contributed by atoms with Crippen LogP contribution in [0.2, 0.25) is 0 Å². The first-order valence-electron chi connectivity index (χ1n) is 6.38. The molecular weight excluding hydrogens is 258 g/mol. The minimum atomic E-state index is -0.991. The Balaban J connectivity index is 1.99. The average molecular weight is 275 g/mol. The second-order valence-electron chi connectivity index (χ2n) is 4.49. The van der Waals surface area contributed by atoms with Crippen molar-refractivity contribution in [3.63, 3.8) is 0 Å². The quantitative estimate of drug-likeness (QED) is 0.776. The summed E-state index contributed by atoms with van der Waals surface area (Å²) in [5.41, 5.74) is 1.46. The van der Waals surface area contributed by atoms with Crippen LogP contribution >= 0.6 is 0 Å². The molecule has 0 atom stereocenters.